The Labute approximate surface area is 104 Å². The lowest BCUT2D eigenvalue weighted by atomic mass is 10.1. The fourth-order valence-corrected chi connectivity index (χ4v) is 1.26. The number of ether oxygens (including phenoxy) is 2. The first-order valence-corrected chi connectivity index (χ1v) is 5.24. The zero-order valence-electron chi connectivity index (χ0n) is 10.1. The summed E-state index contributed by atoms with van der Waals surface area (Å²) in [6, 6.07) is 5.72. The van der Waals surface area contributed by atoms with E-state index in [4.69, 9.17) is 10.00 Å². The minimum atomic E-state index is -0.776. The highest BCUT2D eigenvalue weighted by atomic mass is 19.1. The van der Waals surface area contributed by atoms with Gasteiger partial charge in [-0.1, -0.05) is 0 Å². The molecule has 0 unspecified atom stereocenters. The number of hydrogen-bond donors (Lipinski definition) is 0. The Morgan fingerprint density at radius 1 is 1.56 bits per heavy atom. The molecule has 0 radical (unpaired) electrons. The van der Waals surface area contributed by atoms with Gasteiger partial charge in [0.25, 0.3) is 0 Å². The molecule has 94 valence electrons. The maximum atomic E-state index is 13.5. The molecule has 0 aromatic heterocycles. The molecule has 0 heterocycles. The van der Waals surface area contributed by atoms with Gasteiger partial charge in [-0.15, -0.1) is 0 Å². The van der Waals surface area contributed by atoms with Crippen LogP contribution in [-0.4, -0.2) is 19.7 Å². The van der Waals surface area contributed by atoms with Gasteiger partial charge in [-0.05, 0) is 31.2 Å². The number of carbonyl (C=O) groups is 1. The molecule has 18 heavy (non-hydrogen) atoms. The average molecular weight is 249 g/mol. The van der Waals surface area contributed by atoms with E-state index in [2.05, 4.69) is 4.74 Å². The summed E-state index contributed by atoms with van der Waals surface area (Å²) >= 11 is 0. The molecule has 0 aliphatic heterocycles. The standard InChI is InChI=1S/C13H12FNO3/c1-3-18-13(16)10(8-15)6-9-7-11(17-2)4-5-12(9)14/h4-7H,3H2,1-2H3/b10-6+. The van der Waals surface area contributed by atoms with E-state index in [0.29, 0.717) is 5.75 Å². The van der Waals surface area contributed by atoms with Gasteiger partial charge >= 0.3 is 5.97 Å². The highest BCUT2D eigenvalue weighted by Gasteiger charge is 2.11. The molecular weight excluding hydrogens is 237 g/mol. The maximum absolute atomic E-state index is 13.5. The van der Waals surface area contributed by atoms with E-state index in [9.17, 15) is 9.18 Å². The molecule has 0 atom stereocenters. The SMILES string of the molecule is CCOC(=O)/C(C#N)=C/c1cc(OC)ccc1F. The number of carbonyl (C=O) groups excluding carboxylic acids is 1. The van der Waals surface area contributed by atoms with Crippen LogP contribution in [0.25, 0.3) is 6.08 Å². The van der Waals surface area contributed by atoms with Gasteiger partial charge in [0.05, 0.1) is 13.7 Å². The quantitative estimate of drug-likeness (QED) is 0.466. The van der Waals surface area contributed by atoms with Gasteiger partial charge < -0.3 is 9.47 Å². The van der Waals surface area contributed by atoms with Gasteiger partial charge in [0, 0.05) is 5.56 Å². The number of nitrogens with zero attached hydrogens (tertiary/aromatic N) is 1. The van der Waals surface area contributed by atoms with Crippen LogP contribution in [0.2, 0.25) is 0 Å². The summed E-state index contributed by atoms with van der Waals surface area (Å²) in [7, 11) is 1.44. The summed E-state index contributed by atoms with van der Waals surface area (Å²) in [6.07, 6.45) is 1.13. The zero-order chi connectivity index (χ0) is 13.5. The number of hydrogen-bond acceptors (Lipinski definition) is 4. The van der Waals surface area contributed by atoms with Crippen LogP contribution in [0.3, 0.4) is 0 Å². The van der Waals surface area contributed by atoms with Crippen LogP contribution in [-0.2, 0) is 9.53 Å². The van der Waals surface area contributed by atoms with Crippen molar-refractivity contribution in [2.45, 2.75) is 6.92 Å². The van der Waals surface area contributed by atoms with Crippen molar-refractivity contribution in [3.8, 4) is 11.8 Å². The van der Waals surface area contributed by atoms with Crippen molar-refractivity contribution in [2.24, 2.45) is 0 Å². The minimum absolute atomic E-state index is 0.0963. The van der Waals surface area contributed by atoms with Gasteiger partial charge in [0.15, 0.2) is 0 Å². The molecule has 0 amide bonds. The van der Waals surface area contributed by atoms with Crippen LogP contribution in [0.15, 0.2) is 23.8 Å². The Bertz CT molecular complexity index is 517. The van der Waals surface area contributed by atoms with Crippen molar-refractivity contribution in [2.75, 3.05) is 13.7 Å². The first kappa shape index (κ1) is 13.7. The van der Waals surface area contributed by atoms with Gasteiger partial charge in [-0.2, -0.15) is 5.26 Å². The van der Waals surface area contributed by atoms with Crippen molar-refractivity contribution in [3.63, 3.8) is 0 Å². The van der Waals surface area contributed by atoms with Crippen LogP contribution >= 0.6 is 0 Å². The van der Waals surface area contributed by atoms with Crippen molar-refractivity contribution in [1.82, 2.24) is 0 Å². The van der Waals surface area contributed by atoms with Crippen LogP contribution in [0.4, 0.5) is 4.39 Å². The lowest BCUT2D eigenvalue weighted by molar-refractivity contribution is -0.137. The van der Waals surface area contributed by atoms with Gasteiger partial charge in [-0.25, -0.2) is 9.18 Å². The third-order valence-electron chi connectivity index (χ3n) is 2.12. The molecular formula is C13H12FNO3. The molecule has 5 heteroatoms. The molecule has 1 rings (SSSR count). The predicted molar refractivity (Wildman–Crippen MR) is 63.2 cm³/mol. The summed E-state index contributed by atoms with van der Waals surface area (Å²) in [5, 5.41) is 8.83. The molecule has 1 aromatic rings. The molecule has 0 spiro atoms. The second-order valence-corrected chi connectivity index (χ2v) is 3.28. The lowest BCUT2D eigenvalue weighted by Gasteiger charge is -2.03. The van der Waals surface area contributed by atoms with Crippen molar-refractivity contribution < 1.29 is 18.7 Å². The number of nitriles is 1. The first-order chi connectivity index (χ1) is 8.62. The molecule has 0 saturated heterocycles. The predicted octanol–water partition coefficient (Wildman–Crippen LogP) is 2.30. The lowest BCUT2D eigenvalue weighted by Crippen LogP contribution is -2.06. The molecule has 1 aromatic carbocycles. The highest BCUT2D eigenvalue weighted by Crippen LogP contribution is 2.19. The Balaban J connectivity index is 3.13. The molecule has 4 nitrogen and oxygen atoms in total. The van der Waals surface area contributed by atoms with Crippen LogP contribution < -0.4 is 4.74 Å². The molecule has 0 N–H and O–H groups in total. The van der Waals surface area contributed by atoms with Gasteiger partial charge in [0.1, 0.15) is 23.2 Å². The van der Waals surface area contributed by atoms with Gasteiger partial charge in [0.2, 0.25) is 0 Å². The average Bonchev–Trinajstić information content (AvgIpc) is 2.38. The Hall–Kier alpha value is -2.35. The summed E-state index contributed by atoms with van der Waals surface area (Å²) in [6.45, 7) is 1.78. The number of esters is 1. The van der Waals surface area contributed by atoms with E-state index in [1.165, 1.54) is 25.3 Å². The number of methoxy groups -OCH3 is 1. The largest absolute Gasteiger partial charge is 0.497 e. The topological polar surface area (TPSA) is 59.3 Å². The molecule has 0 saturated carbocycles. The normalized spacial score (nSPS) is 10.7. The second-order valence-electron chi connectivity index (χ2n) is 3.28. The van der Waals surface area contributed by atoms with E-state index in [1.54, 1.807) is 13.0 Å². The zero-order valence-corrected chi connectivity index (χ0v) is 10.1. The molecule has 0 fully saturated rings. The van der Waals surface area contributed by atoms with E-state index < -0.39 is 11.8 Å². The van der Waals surface area contributed by atoms with Gasteiger partial charge in [-0.3, -0.25) is 0 Å². The Morgan fingerprint density at radius 2 is 2.28 bits per heavy atom. The molecule has 0 aliphatic carbocycles. The van der Waals surface area contributed by atoms with E-state index in [1.807, 2.05) is 0 Å². The molecule has 0 aliphatic rings. The van der Waals surface area contributed by atoms with E-state index in [-0.39, 0.29) is 17.7 Å². The Kier molecular flexibility index (Phi) is 4.88. The second kappa shape index (κ2) is 6.40. The van der Waals surface area contributed by atoms with Crippen LogP contribution in [0.1, 0.15) is 12.5 Å². The molecule has 0 bridgehead atoms. The monoisotopic (exact) mass is 249 g/mol. The third-order valence-corrected chi connectivity index (χ3v) is 2.12. The van der Waals surface area contributed by atoms with Crippen LogP contribution in [0.5, 0.6) is 5.75 Å². The van der Waals surface area contributed by atoms with E-state index >= 15 is 0 Å². The van der Waals surface area contributed by atoms with Crippen molar-refractivity contribution >= 4 is 12.0 Å². The van der Waals surface area contributed by atoms with Crippen molar-refractivity contribution in [1.29, 1.82) is 5.26 Å². The Morgan fingerprint density at radius 3 is 2.83 bits per heavy atom. The number of benzene rings is 1. The number of rotatable bonds is 4. The summed E-state index contributed by atoms with van der Waals surface area (Å²) < 4.78 is 23.1. The number of halogens is 1. The van der Waals surface area contributed by atoms with Crippen molar-refractivity contribution in [3.05, 3.63) is 35.2 Å². The minimum Gasteiger partial charge on any atom is -0.497 e. The smallest absolute Gasteiger partial charge is 0.348 e. The fraction of sp³-hybridized carbons (Fsp3) is 0.231. The first-order valence-electron chi connectivity index (χ1n) is 5.24. The maximum Gasteiger partial charge on any atom is 0.348 e. The van der Waals surface area contributed by atoms with Crippen LogP contribution in [0, 0.1) is 17.1 Å². The fourth-order valence-electron chi connectivity index (χ4n) is 1.26. The summed E-state index contributed by atoms with van der Waals surface area (Å²) in [4.78, 5) is 11.4. The third kappa shape index (κ3) is 3.32. The summed E-state index contributed by atoms with van der Waals surface area (Å²) in [5.74, 6) is -0.890. The van der Waals surface area contributed by atoms with E-state index in [0.717, 1.165) is 6.08 Å². The highest BCUT2D eigenvalue weighted by molar-refractivity contribution is 5.97. The summed E-state index contributed by atoms with van der Waals surface area (Å²) in [5.41, 5.74) is -0.164.